The van der Waals surface area contributed by atoms with E-state index in [0.717, 1.165) is 23.1 Å². The molecule has 1 heterocycles. The van der Waals surface area contributed by atoms with Gasteiger partial charge in [-0.2, -0.15) is 4.98 Å². The quantitative estimate of drug-likeness (QED) is 0.826. The Morgan fingerprint density at radius 2 is 2.06 bits per heavy atom. The van der Waals surface area contributed by atoms with Gasteiger partial charge in [0.05, 0.1) is 5.75 Å². The van der Waals surface area contributed by atoms with Crippen LogP contribution >= 0.6 is 27.7 Å². The molecule has 0 aliphatic carbocycles. The molecule has 2 rings (SSSR count). The van der Waals surface area contributed by atoms with Crippen LogP contribution < -0.4 is 5.73 Å². The zero-order chi connectivity index (χ0) is 12.8. The summed E-state index contributed by atoms with van der Waals surface area (Å²) in [5, 5.41) is 3.94. The maximum atomic E-state index is 5.43. The molecule has 0 saturated carbocycles. The van der Waals surface area contributed by atoms with E-state index in [1.165, 1.54) is 4.90 Å². The number of aryl methyl sites for hydroxylation is 1. The highest BCUT2D eigenvalue weighted by atomic mass is 79.9. The highest BCUT2D eigenvalue weighted by molar-refractivity contribution is 9.10. The Hall–Kier alpha value is -0.850. The van der Waals surface area contributed by atoms with Crippen LogP contribution in [0.3, 0.4) is 0 Å². The van der Waals surface area contributed by atoms with Crippen LogP contribution in [0.25, 0.3) is 0 Å². The maximum absolute atomic E-state index is 5.43. The Balaban J connectivity index is 1.86. The second kappa shape index (κ2) is 6.92. The molecular weight excluding hydrogens is 314 g/mol. The summed E-state index contributed by atoms with van der Waals surface area (Å²) in [5.41, 5.74) is 5.43. The molecule has 4 nitrogen and oxygen atoms in total. The van der Waals surface area contributed by atoms with E-state index < -0.39 is 0 Å². The summed E-state index contributed by atoms with van der Waals surface area (Å²) >= 11 is 5.10. The lowest BCUT2D eigenvalue weighted by atomic mass is 10.3. The van der Waals surface area contributed by atoms with Gasteiger partial charge in [0.2, 0.25) is 5.89 Å². The number of hydrogen-bond donors (Lipinski definition) is 1. The van der Waals surface area contributed by atoms with E-state index >= 15 is 0 Å². The van der Waals surface area contributed by atoms with Crippen LogP contribution in [0.1, 0.15) is 18.1 Å². The Labute approximate surface area is 118 Å². The fourth-order valence-corrected chi connectivity index (χ4v) is 2.39. The molecular formula is C12H14BrN3OS. The van der Waals surface area contributed by atoms with Crippen molar-refractivity contribution in [3.63, 3.8) is 0 Å². The number of benzene rings is 1. The lowest BCUT2D eigenvalue weighted by Crippen LogP contribution is -2.00. The smallest absolute Gasteiger partial charge is 0.226 e. The summed E-state index contributed by atoms with van der Waals surface area (Å²) in [6.07, 6.45) is 1.63. The van der Waals surface area contributed by atoms with Gasteiger partial charge >= 0.3 is 0 Å². The first kappa shape index (κ1) is 13.6. The maximum Gasteiger partial charge on any atom is 0.226 e. The minimum Gasteiger partial charge on any atom is -0.339 e. The van der Waals surface area contributed by atoms with E-state index in [1.807, 2.05) is 12.1 Å². The molecule has 0 saturated heterocycles. The van der Waals surface area contributed by atoms with E-state index in [2.05, 4.69) is 38.2 Å². The molecule has 1 aromatic heterocycles. The summed E-state index contributed by atoms with van der Waals surface area (Å²) in [7, 11) is 0. The van der Waals surface area contributed by atoms with Crippen LogP contribution in [0, 0.1) is 0 Å². The van der Waals surface area contributed by atoms with Gasteiger partial charge in [-0.1, -0.05) is 21.1 Å². The third-order valence-corrected chi connectivity index (χ3v) is 3.82. The van der Waals surface area contributed by atoms with Crippen LogP contribution in [0.15, 0.2) is 38.2 Å². The summed E-state index contributed by atoms with van der Waals surface area (Å²) in [6, 6.07) is 8.16. The Morgan fingerprint density at radius 1 is 1.28 bits per heavy atom. The normalized spacial score (nSPS) is 10.8. The third-order valence-electron chi connectivity index (χ3n) is 2.29. The van der Waals surface area contributed by atoms with Crippen molar-refractivity contribution in [3.05, 3.63) is 40.5 Å². The van der Waals surface area contributed by atoms with Crippen molar-refractivity contribution in [3.8, 4) is 0 Å². The number of nitrogens with zero attached hydrogens (tertiary/aromatic N) is 2. The van der Waals surface area contributed by atoms with E-state index in [9.17, 15) is 0 Å². The number of hydrogen-bond acceptors (Lipinski definition) is 5. The second-order valence-corrected chi connectivity index (χ2v) is 5.70. The lowest BCUT2D eigenvalue weighted by molar-refractivity contribution is 0.372. The molecule has 1 aromatic carbocycles. The van der Waals surface area contributed by atoms with E-state index in [0.29, 0.717) is 18.2 Å². The molecule has 6 heteroatoms. The van der Waals surface area contributed by atoms with Crippen LogP contribution in [-0.2, 0) is 12.2 Å². The number of halogens is 1. The highest BCUT2D eigenvalue weighted by Gasteiger charge is 2.06. The van der Waals surface area contributed by atoms with Crippen molar-refractivity contribution >= 4 is 27.7 Å². The molecule has 18 heavy (non-hydrogen) atoms. The summed E-state index contributed by atoms with van der Waals surface area (Å²) in [5.74, 6) is 2.12. The molecule has 0 fully saturated rings. The molecule has 0 spiro atoms. The van der Waals surface area contributed by atoms with Gasteiger partial charge in [-0.05, 0) is 37.2 Å². The molecule has 2 N–H and O–H groups in total. The van der Waals surface area contributed by atoms with Crippen LogP contribution in [-0.4, -0.2) is 16.7 Å². The standard InChI is InChI=1S/C12H14BrN3OS/c13-9-3-5-10(6-4-9)18-8-11-15-12(17-16-11)2-1-7-14/h3-6H,1-2,7-8,14H2. The lowest BCUT2D eigenvalue weighted by Gasteiger charge is -1.97. The summed E-state index contributed by atoms with van der Waals surface area (Å²) < 4.78 is 6.22. The zero-order valence-electron chi connectivity index (χ0n) is 9.80. The van der Waals surface area contributed by atoms with Crippen molar-refractivity contribution in [2.45, 2.75) is 23.5 Å². The highest BCUT2D eigenvalue weighted by Crippen LogP contribution is 2.23. The molecule has 0 amide bonds. The minimum absolute atomic E-state index is 0.644. The molecule has 0 unspecified atom stereocenters. The average Bonchev–Trinajstić information content (AvgIpc) is 2.84. The van der Waals surface area contributed by atoms with Crippen LogP contribution in [0.4, 0.5) is 0 Å². The SMILES string of the molecule is NCCCc1nc(CSc2ccc(Br)cc2)no1. The van der Waals surface area contributed by atoms with Crippen molar-refractivity contribution in [1.82, 2.24) is 10.1 Å². The first-order valence-corrected chi connectivity index (χ1v) is 7.45. The number of nitrogens with two attached hydrogens (primary N) is 1. The fraction of sp³-hybridized carbons (Fsp3) is 0.333. The van der Waals surface area contributed by atoms with Crippen molar-refractivity contribution in [2.24, 2.45) is 5.73 Å². The van der Waals surface area contributed by atoms with Crippen LogP contribution in [0.2, 0.25) is 0 Å². The van der Waals surface area contributed by atoms with E-state index in [4.69, 9.17) is 10.3 Å². The molecule has 0 aliphatic rings. The monoisotopic (exact) mass is 327 g/mol. The largest absolute Gasteiger partial charge is 0.339 e. The first-order valence-electron chi connectivity index (χ1n) is 5.68. The molecule has 96 valence electrons. The van der Waals surface area contributed by atoms with Crippen LogP contribution in [0.5, 0.6) is 0 Å². The van der Waals surface area contributed by atoms with Gasteiger partial charge in [0.15, 0.2) is 5.82 Å². The number of thioether (sulfide) groups is 1. The van der Waals surface area contributed by atoms with E-state index in [1.54, 1.807) is 11.8 Å². The predicted octanol–water partition coefficient (Wildman–Crippen LogP) is 3.02. The van der Waals surface area contributed by atoms with Gasteiger partial charge in [0, 0.05) is 15.8 Å². The van der Waals surface area contributed by atoms with Gasteiger partial charge in [0.25, 0.3) is 0 Å². The Kier molecular flexibility index (Phi) is 5.22. The van der Waals surface area contributed by atoms with Gasteiger partial charge in [-0.3, -0.25) is 0 Å². The predicted molar refractivity (Wildman–Crippen MR) is 75.4 cm³/mol. The first-order chi connectivity index (χ1) is 8.78. The van der Waals surface area contributed by atoms with Gasteiger partial charge in [0.1, 0.15) is 0 Å². The van der Waals surface area contributed by atoms with Gasteiger partial charge < -0.3 is 10.3 Å². The molecule has 0 bridgehead atoms. The number of rotatable bonds is 6. The molecule has 0 aliphatic heterocycles. The minimum atomic E-state index is 0.644. The molecule has 0 radical (unpaired) electrons. The van der Waals surface area contributed by atoms with Crippen molar-refractivity contribution in [1.29, 1.82) is 0 Å². The van der Waals surface area contributed by atoms with Crippen molar-refractivity contribution < 1.29 is 4.52 Å². The molecule has 0 atom stereocenters. The van der Waals surface area contributed by atoms with Gasteiger partial charge in [-0.15, -0.1) is 11.8 Å². The molecule has 2 aromatic rings. The summed E-state index contributed by atoms with van der Waals surface area (Å²) in [6.45, 7) is 0.644. The Morgan fingerprint density at radius 3 is 2.78 bits per heavy atom. The summed E-state index contributed by atoms with van der Waals surface area (Å²) in [4.78, 5) is 5.50. The topological polar surface area (TPSA) is 64.9 Å². The zero-order valence-corrected chi connectivity index (χ0v) is 12.2. The van der Waals surface area contributed by atoms with E-state index in [-0.39, 0.29) is 0 Å². The van der Waals surface area contributed by atoms with Crippen molar-refractivity contribution in [2.75, 3.05) is 6.54 Å². The fourth-order valence-electron chi connectivity index (χ4n) is 1.38. The average molecular weight is 328 g/mol. The third kappa shape index (κ3) is 4.12. The van der Waals surface area contributed by atoms with Gasteiger partial charge in [-0.25, -0.2) is 0 Å². The number of aromatic nitrogens is 2. The second-order valence-electron chi connectivity index (χ2n) is 3.74. The Bertz CT molecular complexity index is 486.